The van der Waals surface area contributed by atoms with Crippen molar-refractivity contribution in [1.29, 1.82) is 0 Å². The van der Waals surface area contributed by atoms with Gasteiger partial charge >= 0.3 is 6.01 Å². The van der Waals surface area contributed by atoms with Crippen LogP contribution in [-0.4, -0.2) is 37.2 Å². The van der Waals surface area contributed by atoms with Gasteiger partial charge in [-0.05, 0) is 30.2 Å². The average Bonchev–Trinajstić information content (AvgIpc) is 2.92. The summed E-state index contributed by atoms with van der Waals surface area (Å²) in [6.45, 7) is 0. The summed E-state index contributed by atoms with van der Waals surface area (Å²) in [6, 6.07) is 6.09. The number of nitrogens with zero attached hydrogens (tertiary/aromatic N) is 4. The van der Waals surface area contributed by atoms with E-state index in [0.29, 0.717) is 5.65 Å². The molecule has 0 radical (unpaired) electrons. The quantitative estimate of drug-likeness (QED) is 0.751. The van der Waals surface area contributed by atoms with Gasteiger partial charge in [0.05, 0.1) is 6.20 Å². The Hall–Kier alpha value is -1.73. The molecule has 0 fully saturated rings. The predicted octanol–water partition coefficient (Wildman–Crippen LogP) is 2.94. The van der Waals surface area contributed by atoms with E-state index >= 15 is 0 Å². The molecule has 1 N–H and O–H groups in total. The topological polar surface area (TPSA) is 63.3 Å². The van der Waals surface area contributed by atoms with Crippen molar-refractivity contribution in [1.82, 2.24) is 19.6 Å². The van der Waals surface area contributed by atoms with E-state index in [1.807, 2.05) is 6.07 Å². The van der Waals surface area contributed by atoms with Crippen LogP contribution in [0.4, 0.5) is 0 Å². The van der Waals surface area contributed by atoms with Crippen LogP contribution < -0.4 is 0 Å². The maximum atomic E-state index is 9.66. The van der Waals surface area contributed by atoms with E-state index in [0.717, 1.165) is 11.1 Å². The highest BCUT2D eigenvalue weighted by molar-refractivity contribution is 8.01. The Morgan fingerprint density at radius 3 is 2.65 bits per heavy atom. The number of aromatic nitrogens is 4. The molecule has 0 atom stereocenters. The molecule has 0 saturated heterocycles. The largest absolute Gasteiger partial charge is 0.479 e. The second-order valence-corrected chi connectivity index (χ2v) is 5.73. The highest BCUT2D eigenvalue weighted by Crippen LogP contribution is 2.33. The number of hydrogen-bond acceptors (Lipinski definition) is 6. The van der Waals surface area contributed by atoms with Crippen LogP contribution >= 0.6 is 23.5 Å². The minimum absolute atomic E-state index is 0.160. The van der Waals surface area contributed by atoms with Gasteiger partial charge in [-0.15, -0.1) is 23.5 Å². The van der Waals surface area contributed by atoms with E-state index in [1.165, 1.54) is 20.6 Å². The Balaban J connectivity index is 2.18. The maximum Gasteiger partial charge on any atom is 0.318 e. The van der Waals surface area contributed by atoms with E-state index in [4.69, 9.17) is 0 Å². The molecule has 0 saturated carbocycles. The van der Waals surface area contributed by atoms with Crippen molar-refractivity contribution in [2.45, 2.75) is 9.79 Å². The first-order valence-corrected chi connectivity index (χ1v) is 8.29. The van der Waals surface area contributed by atoms with Gasteiger partial charge in [-0.2, -0.15) is 14.6 Å². The molecule has 0 aliphatic heterocycles. The lowest BCUT2D eigenvalue weighted by Crippen LogP contribution is -1.93. The van der Waals surface area contributed by atoms with Crippen LogP contribution in [0.1, 0.15) is 0 Å². The van der Waals surface area contributed by atoms with Crippen LogP contribution in [0.5, 0.6) is 6.01 Å². The lowest BCUT2D eigenvalue weighted by molar-refractivity contribution is 0.411. The summed E-state index contributed by atoms with van der Waals surface area (Å²) in [5.41, 5.74) is 2.51. The number of fused-ring (bicyclic) bond motifs is 1. The first-order chi connectivity index (χ1) is 9.74. The summed E-state index contributed by atoms with van der Waals surface area (Å²) >= 11 is 3.43. The summed E-state index contributed by atoms with van der Waals surface area (Å²) in [4.78, 5) is 10.4. The molecule has 0 aliphatic rings. The Morgan fingerprint density at radius 2 is 1.90 bits per heavy atom. The lowest BCUT2D eigenvalue weighted by Gasteiger charge is -2.07. The van der Waals surface area contributed by atoms with Crippen LogP contribution in [0, 0.1) is 0 Å². The summed E-state index contributed by atoms with van der Waals surface area (Å²) in [5, 5.41) is 13.8. The lowest BCUT2D eigenvalue weighted by atomic mass is 10.1. The van der Waals surface area contributed by atoms with E-state index in [2.05, 4.69) is 39.7 Å². The van der Waals surface area contributed by atoms with Gasteiger partial charge in [-0.3, -0.25) is 0 Å². The summed E-state index contributed by atoms with van der Waals surface area (Å²) < 4.78 is 1.33. The Bertz CT molecular complexity index is 772. The Kier molecular flexibility index (Phi) is 3.54. The maximum absolute atomic E-state index is 9.66. The fourth-order valence-electron chi connectivity index (χ4n) is 2.01. The van der Waals surface area contributed by atoms with Crippen molar-refractivity contribution >= 4 is 29.2 Å². The first kappa shape index (κ1) is 13.3. The third-order valence-electron chi connectivity index (χ3n) is 2.98. The van der Waals surface area contributed by atoms with Crippen molar-refractivity contribution in [2.75, 3.05) is 12.5 Å². The number of hydrogen-bond donors (Lipinski definition) is 1. The molecule has 0 amide bonds. The van der Waals surface area contributed by atoms with Crippen molar-refractivity contribution in [3.63, 3.8) is 0 Å². The van der Waals surface area contributed by atoms with Crippen LogP contribution in [0.25, 0.3) is 16.8 Å². The highest BCUT2D eigenvalue weighted by atomic mass is 32.2. The van der Waals surface area contributed by atoms with Crippen LogP contribution in [0.15, 0.2) is 40.5 Å². The van der Waals surface area contributed by atoms with E-state index < -0.39 is 0 Å². The Labute approximate surface area is 124 Å². The molecule has 7 heteroatoms. The predicted molar refractivity (Wildman–Crippen MR) is 81.4 cm³/mol. The van der Waals surface area contributed by atoms with Crippen molar-refractivity contribution in [3.8, 4) is 17.1 Å². The molecule has 1 aromatic carbocycles. The minimum Gasteiger partial charge on any atom is -0.479 e. The first-order valence-electron chi connectivity index (χ1n) is 5.84. The minimum atomic E-state index is -0.160. The van der Waals surface area contributed by atoms with Gasteiger partial charge in [-0.25, -0.2) is 4.98 Å². The van der Waals surface area contributed by atoms with Gasteiger partial charge in [0.25, 0.3) is 0 Å². The molecule has 0 unspecified atom stereocenters. The Morgan fingerprint density at radius 1 is 1.10 bits per heavy atom. The second-order valence-electron chi connectivity index (χ2n) is 4.04. The van der Waals surface area contributed by atoms with E-state index in [9.17, 15) is 5.11 Å². The van der Waals surface area contributed by atoms with Gasteiger partial charge in [-0.1, -0.05) is 6.07 Å². The number of thioether (sulfide) groups is 2. The van der Waals surface area contributed by atoms with Gasteiger partial charge in [0, 0.05) is 15.4 Å². The van der Waals surface area contributed by atoms with Gasteiger partial charge < -0.3 is 5.11 Å². The number of benzene rings is 1. The highest BCUT2D eigenvalue weighted by Gasteiger charge is 2.12. The molecule has 3 rings (SSSR count). The summed E-state index contributed by atoms with van der Waals surface area (Å²) in [5.74, 6) is 0. The zero-order valence-electron chi connectivity index (χ0n) is 10.9. The van der Waals surface area contributed by atoms with Crippen molar-refractivity contribution in [3.05, 3.63) is 30.7 Å². The van der Waals surface area contributed by atoms with Gasteiger partial charge in [0.2, 0.25) is 0 Å². The third-order valence-corrected chi connectivity index (χ3v) is 4.68. The van der Waals surface area contributed by atoms with Gasteiger partial charge in [0.1, 0.15) is 6.33 Å². The van der Waals surface area contributed by atoms with Crippen molar-refractivity contribution < 1.29 is 5.11 Å². The smallest absolute Gasteiger partial charge is 0.318 e. The summed E-state index contributed by atoms with van der Waals surface area (Å²) in [7, 11) is 0. The monoisotopic (exact) mass is 304 g/mol. The summed E-state index contributed by atoms with van der Waals surface area (Å²) in [6.07, 6.45) is 7.15. The normalized spacial score (nSPS) is 11.1. The fourth-order valence-corrected chi connectivity index (χ4v) is 3.49. The molecule has 0 spiro atoms. The number of rotatable bonds is 3. The fraction of sp³-hybridized carbons (Fsp3) is 0.154. The molecular weight excluding hydrogens is 292 g/mol. The molecule has 3 aromatic rings. The molecule has 102 valence electrons. The molecule has 2 heterocycles. The van der Waals surface area contributed by atoms with Crippen LogP contribution in [0.2, 0.25) is 0 Å². The zero-order valence-corrected chi connectivity index (χ0v) is 12.6. The van der Waals surface area contributed by atoms with Crippen molar-refractivity contribution in [2.24, 2.45) is 0 Å². The SMILES string of the molecule is CSc1ccc(-c2cnn3c(O)ncnc23)cc1SC. The second kappa shape index (κ2) is 5.34. The van der Waals surface area contributed by atoms with Crippen LogP contribution in [0.3, 0.4) is 0 Å². The molecular formula is C13H12N4OS2. The standard InChI is InChI=1S/C13H12N4OS2/c1-19-10-4-3-8(5-11(10)20-2)9-6-16-17-12(9)14-7-15-13(17)18/h3-7H,1-2H3,(H,14,15,18). The van der Waals surface area contributed by atoms with E-state index in [1.54, 1.807) is 29.7 Å². The molecule has 5 nitrogen and oxygen atoms in total. The zero-order chi connectivity index (χ0) is 14.1. The molecule has 20 heavy (non-hydrogen) atoms. The van der Waals surface area contributed by atoms with Crippen LogP contribution in [-0.2, 0) is 0 Å². The van der Waals surface area contributed by atoms with E-state index in [-0.39, 0.29) is 6.01 Å². The number of aromatic hydroxyl groups is 1. The van der Waals surface area contributed by atoms with Gasteiger partial charge in [0.15, 0.2) is 5.65 Å². The average molecular weight is 304 g/mol. The third kappa shape index (κ3) is 2.12. The molecule has 2 aromatic heterocycles. The molecule has 0 bridgehead atoms. The molecule has 0 aliphatic carbocycles.